The number of amides is 1. The molecule has 0 atom stereocenters. The van der Waals surface area contributed by atoms with Crippen molar-refractivity contribution in [3.8, 4) is 17.3 Å². The topological polar surface area (TPSA) is 117 Å². The Bertz CT molecular complexity index is 1090. The van der Waals surface area contributed by atoms with Crippen molar-refractivity contribution >= 4 is 11.7 Å². The minimum atomic E-state index is -0.371. The van der Waals surface area contributed by atoms with Gasteiger partial charge in [-0.25, -0.2) is 9.36 Å². The number of ketones is 1. The molecule has 0 aliphatic carbocycles. The average molecular weight is 411 g/mol. The number of rotatable bonds is 9. The number of carbonyl (C=O) groups excluding carboxylic acids is 2. The number of nitrogens with one attached hydrogen (secondary N) is 1. The van der Waals surface area contributed by atoms with Gasteiger partial charge in [-0.15, -0.1) is 5.10 Å². The van der Waals surface area contributed by atoms with Gasteiger partial charge < -0.3 is 14.8 Å². The van der Waals surface area contributed by atoms with Gasteiger partial charge in [-0.2, -0.15) is 5.10 Å². The number of Topliss-reactive ketones (excluding diaryl/α,β-unsaturated/α-hetero) is 1. The highest BCUT2D eigenvalue weighted by Crippen LogP contribution is 2.28. The van der Waals surface area contributed by atoms with E-state index in [2.05, 4.69) is 15.5 Å². The summed E-state index contributed by atoms with van der Waals surface area (Å²) < 4.78 is 13.5. The second-order valence-electron chi connectivity index (χ2n) is 6.26. The zero-order valence-corrected chi connectivity index (χ0v) is 16.6. The second-order valence-corrected chi connectivity index (χ2v) is 6.26. The summed E-state index contributed by atoms with van der Waals surface area (Å²) in [6, 6.07) is 9.45. The maximum atomic E-state index is 12.1. The zero-order chi connectivity index (χ0) is 21.5. The quantitative estimate of drug-likeness (QED) is 0.518. The SMILES string of the molecule is COc1cc(C(C)=O)ccc1OCC(=O)NCCn1nc(-n2cccn2)ccc1=O. The van der Waals surface area contributed by atoms with Gasteiger partial charge in [0, 0.05) is 30.6 Å². The Hall–Kier alpha value is -3.95. The van der Waals surface area contributed by atoms with Gasteiger partial charge in [0.2, 0.25) is 0 Å². The lowest BCUT2D eigenvalue weighted by Gasteiger charge is -2.12. The Kier molecular flexibility index (Phi) is 6.58. The lowest BCUT2D eigenvalue weighted by molar-refractivity contribution is -0.123. The van der Waals surface area contributed by atoms with Crippen LogP contribution in [0.2, 0.25) is 0 Å². The molecule has 0 fully saturated rings. The van der Waals surface area contributed by atoms with Crippen molar-refractivity contribution in [3.63, 3.8) is 0 Å². The van der Waals surface area contributed by atoms with E-state index in [1.807, 2.05) is 0 Å². The normalized spacial score (nSPS) is 10.5. The van der Waals surface area contributed by atoms with Crippen LogP contribution in [0.1, 0.15) is 17.3 Å². The smallest absolute Gasteiger partial charge is 0.266 e. The summed E-state index contributed by atoms with van der Waals surface area (Å²) in [6.45, 7) is 1.59. The largest absolute Gasteiger partial charge is 0.493 e. The minimum absolute atomic E-state index is 0.0990. The summed E-state index contributed by atoms with van der Waals surface area (Å²) in [7, 11) is 1.45. The summed E-state index contributed by atoms with van der Waals surface area (Å²) in [5.41, 5.74) is 0.200. The standard InChI is InChI=1S/C20H21N5O5/c1-14(26)15-4-5-16(17(12-15)29-2)30-13-19(27)21-9-11-25-20(28)7-6-18(23-25)24-10-3-8-22-24/h3-8,10,12H,9,11,13H2,1-2H3,(H,21,27). The van der Waals surface area contributed by atoms with E-state index in [0.717, 1.165) is 0 Å². The van der Waals surface area contributed by atoms with Gasteiger partial charge >= 0.3 is 0 Å². The van der Waals surface area contributed by atoms with E-state index >= 15 is 0 Å². The summed E-state index contributed by atoms with van der Waals surface area (Å²) >= 11 is 0. The molecule has 30 heavy (non-hydrogen) atoms. The molecule has 1 aromatic carbocycles. The van der Waals surface area contributed by atoms with Crippen LogP contribution in [0.25, 0.3) is 5.82 Å². The molecule has 156 valence electrons. The van der Waals surface area contributed by atoms with E-state index in [0.29, 0.717) is 22.9 Å². The molecule has 0 unspecified atom stereocenters. The highest BCUT2D eigenvalue weighted by Gasteiger charge is 2.11. The Morgan fingerprint density at radius 2 is 2.00 bits per heavy atom. The van der Waals surface area contributed by atoms with Crippen molar-refractivity contribution in [2.24, 2.45) is 0 Å². The van der Waals surface area contributed by atoms with Crippen LogP contribution in [0.15, 0.2) is 53.6 Å². The third-order valence-electron chi connectivity index (χ3n) is 4.17. The first kappa shape index (κ1) is 20.8. The molecule has 0 saturated heterocycles. The lowest BCUT2D eigenvalue weighted by Crippen LogP contribution is -2.34. The van der Waals surface area contributed by atoms with Gasteiger partial charge in [0.1, 0.15) is 0 Å². The number of ether oxygens (including phenoxy) is 2. The molecule has 0 bridgehead atoms. The number of carbonyl (C=O) groups is 2. The molecule has 10 nitrogen and oxygen atoms in total. The highest BCUT2D eigenvalue weighted by atomic mass is 16.5. The molecule has 3 rings (SSSR count). The maximum Gasteiger partial charge on any atom is 0.266 e. The Morgan fingerprint density at radius 1 is 1.17 bits per heavy atom. The zero-order valence-electron chi connectivity index (χ0n) is 16.6. The van der Waals surface area contributed by atoms with Crippen molar-refractivity contribution in [1.82, 2.24) is 24.9 Å². The van der Waals surface area contributed by atoms with Gasteiger partial charge in [-0.1, -0.05) is 0 Å². The first-order chi connectivity index (χ1) is 14.5. The van der Waals surface area contributed by atoms with Crippen LogP contribution < -0.4 is 20.3 Å². The predicted molar refractivity (Wildman–Crippen MR) is 107 cm³/mol. The van der Waals surface area contributed by atoms with Crippen LogP contribution in [0.4, 0.5) is 0 Å². The Labute approximate surface area is 172 Å². The van der Waals surface area contributed by atoms with E-state index in [1.165, 1.54) is 29.5 Å². The van der Waals surface area contributed by atoms with Crippen LogP contribution in [0, 0.1) is 0 Å². The predicted octanol–water partition coefficient (Wildman–Crippen LogP) is 0.835. The maximum absolute atomic E-state index is 12.1. The number of methoxy groups -OCH3 is 1. The highest BCUT2D eigenvalue weighted by molar-refractivity contribution is 5.94. The molecule has 0 saturated carbocycles. The molecule has 2 heterocycles. The molecule has 2 aromatic heterocycles. The van der Waals surface area contributed by atoms with Crippen LogP contribution in [-0.2, 0) is 11.3 Å². The van der Waals surface area contributed by atoms with Crippen LogP contribution in [0.5, 0.6) is 11.5 Å². The number of benzene rings is 1. The first-order valence-electron chi connectivity index (χ1n) is 9.14. The monoisotopic (exact) mass is 411 g/mol. The summed E-state index contributed by atoms with van der Waals surface area (Å²) in [5, 5.41) is 11.0. The molecule has 0 aliphatic heterocycles. The van der Waals surface area contributed by atoms with Gasteiger partial charge in [0.25, 0.3) is 11.5 Å². The summed E-state index contributed by atoms with van der Waals surface area (Å²) in [4.78, 5) is 35.5. The fraction of sp³-hybridized carbons (Fsp3) is 0.250. The van der Waals surface area contributed by atoms with Crippen LogP contribution >= 0.6 is 0 Å². The minimum Gasteiger partial charge on any atom is -0.493 e. The molecule has 10 heteroatoms. The number of aromatic nitrogens is 4. The summed E-state index contributed by atoms with van der Waals surface area (Å²) in [6.07, 6.45) is 3.33. The Morgan fingerprint density at radius 3 is 2.70 bits per heavy atom. The number of nitrogens with zero attached hydrogens (tertiary/aromatic N) is 4. The molecule has 0 radical (unpaired) electrons. The molecule has 0 spiro atoms. The molecule has 3 aromatic rings. The molecular weight excluding hydrogens is 390 g/mol. The fourth-order valence-electron chi connectivity index (χ4n) is 2.63. The van der Waals surface area contributed by atoms with E-state index in [-0.39, 0.29) is 36.9 Å². The van der Waals surface area contributed by atoms with Crippen molar-refractivity contribution < 1.29 is 19.1 Å². The van der Waals surface area contributed by atoms with Crippen molar-refractivity contribution in [1.29, 1.82) is 0 Å². The third-order valence-corrected chi connectivity index (χ3v) is 4.17. The second kappa shape index (κ2) is 9.50. The van der Waals surface area contributed by atoms with Crippen molar-refractivity contribution in [2.45, 2.75) is 13.5 Å². The van der Waals surface area contributed by atoms with E-state index < -0.39 is 0 Å². The summed E-state index contributed by atoms with van der Waals surface area (Å²) in [5.74, 6) is 0.738. The van der Waals surface area contributed by atoms with Gasteiger partial charge in [-0.3, -0.25) is 14.4 Å². The first-order valence-corrected chi connectivity index (χ1v) is 9.14. The van der Waals surface area contributed by atoms with Gasteiger partial charge in [0.05, 0.1) is 13.7 Å². The molecular formula is C20H21N5O5. The van der Waals surface area contributed by atoms with E-state index in [1.54, 1.807) is 42.7 Å². The Balaban J connectivity index is 1.53. The molecule has 1 amide bonds. The third kappa shape index (κ3) is 5.10. The van der Waals surface area contributed by atoms with Crippen molar-refractivity contribution in [2.75, 3.05) is 20.3 Å². The number of hydrogen-bond donors (Lipinski definition) is 1. The number of hydrogen-bond acceptors (Lipinski definition) is 7. The van der Waals surface area contributed by atoms with Crippen LogP contribution in [-0.4, -0.2) is 51.5 Å². The average Bonchev–Trinajstić information content (AvgIpc) is 3.28. The van der Waals surface area contributed by atoms with Gasteiger partial charge in [-0.05, 0) is 37.3 Å². The van der Waals surface area contributed by atoms with E-state index in [9.17, 15) is 14.4 Å². The van der Waals surface area contributed by atoms with Crippen LogP contribution in [0.3, 0.4) is 0 Å². The lowest BCUT2D eigenvalue weighted by atomic mass is 10.1. The molecule has 0 aliphatic rings. The van der Waals surface area contributed by atoms with Crippen molar-refractivity contribution in [3.05, 3.63) is 64.7 Å². The van der Waals surface area contributed by atoms with E-state index in [4.69, 9.17) is 9.47 Å². The molecule has 1 N–H and O–H groups in total. The van der Waals surface area contributed by atoms with Gasteiger partial charge in [0.15, 0.2) is 29.7 Å². The fourth-order valence-corrected chi connectivity index (χ4v) is 2.63.